The van der Waals surface area contributed by atoms with Gasteiger partial charge in [-0.2, -0.15) is 0 Å². The summed E-state index contributed by atoms with van der Waals surface area (Å²) >= 11 is 0. The third kappa shape index (κ3) is 4.01. The molecule has 1 aliphatic rings. The van der Waals surface area contributed by atoms with E-state index in [-0.39, 0.29) is 29.6 Å². The van der Waals surface area contributed by atoms with Crippen LogP contribution in [0.1, 0.15) is 17.7 Å². The zero-order chi connectivity index (χ0) is 18.7. The van der Waals surface area contributed by atoms with Crippen molar-refractivity contribution in [3.63, 3.8) is 0 Å². The number of carbonyl (C=O) groups is 1. The Hall–Kier alpha value is -2.90. The molecule has 1 aliphatic heterocycles. The number of nitrogens with one attached hydrogen (secondary N) is 3. The lowest BCUT2D eigenvalue weighted by molar-refractivity contribution is -0.120. The van der Waals surface area contributed by atoms with Crippen molar-refractivity contribution >= 4 is 11.6 Å². The number of para-hydroxylation sites is 1. The van der Waals surface area contributed by atoms with Crippen LogP contribution >= 0.6 is 0 Å². The number of aromatic nitrogens is 2. The molecule has 8 heteroatoms. The van der Waals surface area contributed by atoms with Gasteiger partial charge in [0.05, 0.1) is 12.1 Å². The number of carbonyl (C=O) groups excluding carboxylic acids is 1. The summed E-state index contributed by atoms with van der Waals surface area (Å²) in [6, 6.07) is 6.65. The number of aromatic amines is 2. The van der Waals surface area contributed by atoms with Gasteiger partial charge in [-0.05, 0) is 31.4 Å². The zero-order valence-corrected chi connectivity index (χ0v) is 14.5. The quantitative estimate of drug-likeness (QED) is 0.731. The van der Waals surface area contributed by atoms with Crippen molar-refractivity contribution in [3.05, 3.63) is 62.2 Å². The number of nitrogens with zero attached hydrogens (tertiary/aromatic N) is 1. The van der Waals surface area contributed by atoms with Crippen molar-refractivity contribution in [3.8, 4) is 0 Å². The highest BCUT2D eigenvalue weighted by Crippen LogP contribution is 2.25. The van der Waals surface area contributed by atoms with Gasteiger partial charge in [-0.3, -0.25) is 14.6 Å². The van der Waals surface area contributed by atoms with Gasteiger partial charge in [-0.1, -0.05) is 12.1 Å². The second-order valence-corrected chi connectivity index (χ2v) is 6.54. The van der Waals surface area contributed by atoms with Gasteiger partial charge in [-0.25, -0.2) is 9.18 Å². The van der Waals surface area contributed by atoms with Crippen LogP contribution < -0.4 is 21.5 Å². The molecule has 26 heavy (non-hydrogen) atoms. The van der Waals surface area contributed by atoms with Crippen LogP contribution in [0.4, 0.5) is 10.1 Å². The fourth-order valence-electron chi connectivity index (χ4n) is 3.25. The maximum atomic E-state index is 13.9. The Kier molecular flexibility index (Phi) is 5.20. The van der Waals surface area contributed by atoms with E-state index in [0.29, 0.717) is 24.5 Å². The number of rotatable bonds is 5. The molecular formula is C18H21FN4O3. The SMILES string of the molecule is Cc1[nH]c(=O)[nH]c(=O)c1CC(=O)NC[C@H]1CCN(c2ccccc2F)C1. The minimum absolute atomic E-state index is 0.0955. The number of halogens is 1. The molecule has 2 heterocycles. The summed E-state index contributed by atoms with van der Waals surface area (Å²) in [5, 5.41) is 2.82. The Balaban J connectivity index is 1.54. The van der Waals surface area contributed by atoms with Gasteiger partial charge < -0.3 is 15.2 Å². The molecule has 3 N–H and O–H groups in total. The molecule has 7 nitrogen and oxygen atoms in total. The van der Waals surface area contributed by atoms with E-state index in [2.05, 4.69) is 15.3 Å². The van der Waals surface area contributed by atoms with Crippen molar-refractivity contribution < 1.29 is 9.18 Å². The maximum Gasteiger partial charge on any atom is 0.325 e. The fourth-order valence-corrected chi connectivity index (χ4v) is 3.25. The van der Waals surface area contributed by atoms with Gasteiger partial charge in [0, 0.05) is 30.9 Å². The number of benzene rings is 1. The van der Waals surface area contributed by atoms with Crippen LogP contribution in [0.25, 0.3) is 0 Å². The van der Waals surface area contributed by atoms with Gasteiger partial charge in [0.15, 0.2) is 0 Å². The second-order valence-electron chi connectivity index (χ2n) is 6.54. The van der Waals surface area contributed by atoms with E-state index >= 15 is 0 Å². The molecular weight excluding hydrogens is 339 g/mol. The van der Waals surface area contributed by atoms with E-state index in [1.54, 1.807) is 25.1 Å². The van der Waals surface area contributed by atoms with Crippen molar-refractivity contribution in [1.29, 1.82) is 0 Å². The van der Waals surface area contributed by atoms with Crippen LogP contribution in [0.15, 0.2) is 33.9 Å². The van der Waals surface area contributed by atoms with Gasteiger partial charge >= 0.3 is 5.69 Å². The topological polar surface area (TPSA) is 98.1 Å². The molecule has 0 saturated carbocycles. The summed E-state index contributed by atoms with van der Waals surface area (Å²) in [5.74, 6) is -0.312. The summed E-state index contributed by atoms with van der Waals surface area (Å²) in [6.07, 6.45) is 0.759. The van der Waals surface area contributed by atoms with Crippen molar-refractivity contribution in [2.24, 2.45) is 5.92 Å². The summed E-state index contributed by atoms with van der Waals surface area (Å²) in [4.78, 5) is 41.7. The summed E-state index contributed by atoms with van der Waals surface area (Å²) in [5.41, 5.74) is 0.0857. The summed E-state index contributed by atoms with van der Waals surface area (Å²) < 4.78 is 13.9. The van der Waals surface area contributed by atoms with E-state index in [0.717, 1.165) is 13.0 Å². The van der Waals surface area contributed by atoms with E-state index in [1.807, 2.05) is 4.90 Å². The third-order valence-electron chi connectivity index (χ3n) is 4.66. The Morgan fingerprint density at radius 3 is 2.81 bits per heavy atom. The van der Waals surface area contributed by atoms with E-state index < -0.39 is 11.2 Å². The average molecular weight is 360 g/mol. The molecule has 1 atom stereocenters. The highest BCUT2D eigenvalue weighted by atomic mass is 19.1. The molecule has 1 fully saturated rings. The monoisotopic (exact) mass is 360 g/mol. The minimum Gasteiger partial charge on any atom is -0.369 e. The second kappa shape index (κ2) is 7.55. The number of aryl methyl sites for hydroxylation is 1. The molecule has 1 saturated heterocycles. The van der Waals surface area contributed by atoms with E-state index in [4.69, 9.17) is 0 Å². The molecule has 1 amide bonds. The molecule has 0 unspecified atom stereocenters. The number of amides is 1. The van der Waals surface area contributed by atoms with Crippen LogP contribution in [0.5, 0.6) is 0 Å². The number of hydrogen-bond donors (Lipinski definition) is 3. The molecule has 1 aromatic carbocycles. The van der Waals surface area contributed by atoms with Gasteiger partial charge in [0.2, 0.25) is 5.91 Å². The molecule has 0 radical (unpaired) electrons. The fraction of sp³-hybridized carbons (Fsp3) is 0.389. The Morgan fingerprint density at radius 1 is 1.31 bits per heavy atom. The van der Waals surface area contributed by atoms with Crippen LogP contribution in [0.2, 0.25) is 0 Å². The smallest absolute Gasteiger partial charge is 0.325 e. The van der Waals surface area contributed by atoms with Gasteiger partial charge in [0.1, 0.15) is 5.82 Å². The third-order valence-corrected chi connectivity index (χ3v) is 4.66. The molecule has 1 aromatic heterocycles. The van der Waals surface area contributed by atoms with E-state index in [9.17, 15) is 18.8 Å². The first-order valence-corrected chi connectivity index (χ1v) is 8.52. The Bertz CT molecular complexity index is 921. The first-order valence-electron chi connectivity index (χ1n) is 8.52. The van der Waals surface area contributed by atoms with Crippen molar-refractivity contribution in [1.82, 2.24) is 15.3 Å². The average Bonchev–Trinajstić information content (AvgIpc) is 3.05. The lowest BCUT2D eigenvalue weighted by atomic mass is 10.1. The van der Waals surface area contributed by atoms with Crippen LogP contribution in [-0.2, 0) is 11.2 Å². The van der Waals surface area contributed by atoms with Gasteiger partial charge in [0.25, 0.3) is 5.56 Å². The van der Waals surface area contributed by atoms with Crippen molar-refractivity contribution in [2.45, 2.75) is 19.8 Å². The molecule has 0 aliphatic carbocycles. The first-order chi connectivity index (χ1) is 12.4. The highest BCUT2D eigenvalue weighted by molar-refractivity contribution is 5.78. The van der Waals surface area contributed by atoms with Crippen LogP contribution in [0.3, 0.4) is 0 Å². The lowest BCUT2D eigenvalue weighted by Gasteiger charge is -2.19. The standard InChI is InChI=1S/C18H21FN4O3/c1-11-13(17(25)22-18(26)21-11)8-16(24)20-9-12-6-7-23(10-12)15-5-3-2-4-14(15)19/h2-5,12H,6-10H2,1H3,(H,20,24)(H2,21,22,25,26)/t12-/m1/s1. The molecule has 3 rings (SSSR count). The lowest BCUT2D eigenvalue weighted by Crippen LogP contribution is -2.35. The molecule has 2 aromatic rings. The first kappa shape index (κ1) is 17.9. The Morgan fingerprint density at radius 2 is 2.08 bits per heavy atom. The number of hydrogen-bond acceptors (Lipinski definition) is 4. The zero-order valence-electron chi connectivity index (χ0n) is 14.5. The largest absolute Gasteiger partial charge is 0.369 e. The van der Waals surface area contributed by atoms with Crippen LogP contribution in [-0.4, -0.2) is 35.5 Å². The predicted octanol–water partition coefficient (Wildman–Crippen LogP) is 0.696. The van der Waals surface area contributed by atoms with Gasteiger partial charge in [-0.15, -0.1) is 0 Å². The molecule has 0 spiro atoms. The number of H-pyrrole nitrogens is 2. The maximum absolute atomic E-state index is 13.9. The molecule has 138 valence electrons. The normalized spacial score (nSPS) is 16.7. The summed E-state index contributed by atoms with van der Waals surface area (Å²) in [6.45, 7) is 3.45. The van der Waals surface area contributed by atoms with Crippen LogP contribution in [0, 0.1) is 18.7 Å². The highest BCUT2D eigenvalue weighted by Gasteiger charge is 2.24. The summed E-state index contributed by atoms with van der Waals surface area (Å²) in [7, 11) is 0. The number of anilines is 1. The van der Waals surface area contributed by atoms with E-state index in [1.165, 1.54) is 6.07 Å². The van der Waals surface area contributed by atoms with Crippen molar-refractivity contribution in [2.75, 3.05) is 24.5 Å². The molecule has 0 bridgehead atoms. The Labute approximate surface area is 149 Å². The minimum atomic E-state index is -0.587. The predicted molar refractivity (Wildman–Crippen MR) is 95.9 cm³/mol.